The number of carbonyl (C=O) groups is 2. The van der Waals surface area contributed by atoms with E-state index >= 15 is 0 Å². The second kappa shape index (κ2) is 9.40. The van der Waals surface area contributed by atoms with Crippen LogP contribution in [0.4, 0.5) is 14.9 Å². The normalized spacial score (nSPS) is 15.6. The van der Waals surface area contributed by atoms with E-state index in [1.807, 2.05) is 0 Å². The number of anilines is 1. The molecule has 1 atom stereocenters. The van der Waals surface area contributed by atoms with E-state index in [0.29, 0.717) is 13.1 Å². The van der Waals surface area contributed by atoms with Gasteiger partial charge in [0.05, 0.1) is 17.8 Å². The van der Waals surface area contributed by atoms with Crippen LogP contribution in [-0.4, -0.2) is 43.3 Å². The van der Waals surface area contributed by atoms with E-state index in [2.05, 4.69) is 15.5 Å². The van der Waals surface area contributed by atoms with Crippen molar-refractivity contribution in [2.24, 2.45) is 0 Å². The van der Waals surface area contributed by atoms with Crippen molar-refractivity contribution in [1.82, 2.24) is 10.4 Å². The lowest BCUT2D eigenvalue weighted by Gasteiger charge is -2.27. The van der Waals surface area contributed by atoms with Gasteiger partial charge >= 0.3 is 12.0 Å². The summed E-state index contributed by atoms with van der Waals surface area (Å²) in [4.78, 5) is 23.3. The standard InChI is InChI=1S/C17H21ClFN3O4/c1-11(5-6-16(23)25-2)26-15-10-14(13(19)9-12(15)18)21-17(24)22-8-4-3-7-20-22/h5-6,9-11,20H,3-4,7-8H2,1-2H3,(H,21,24). The van der Waals surface area contributed by atoms with Crippen molar-refractivity contribution in [3.8, 4) is 5.75 Å². The van der Waals surface area contributed by atoms with Gasteiger partial charge in [0.1, 0.15) is 17.7 Å². The Bertz CT molecular complexity index is 693. The van der Waals surface area contributed by atoms with Crippen molar-refractivity contribution in [3.05, 3.63) is 35.1 Å². The number of benzene rings is 1. The molecule has 1 heterocycles. The molecule has 1 aromatic rings. The molecule has 7 nitrogen and oxygen atoms in total. The fourth-order valence-electron chi connectivity index (χ4n) is 2.28. The van der Waals surface area contributed by atoms with E-state index in [4.69, 9.17) is 16.3 Å². The van der Waals surface area contributed by atoms with Crippen molar-refractivity contribution >= 4 is 29.3 Å². The summed E-state index contributed by atoms with van der Waals surface area (Å²) in [6.07, 6.45) is 4.02. The number of carbonyl (C=O) groups excluding carboxylic acids is 2. The molecule has 1 saturated heterocycles. The first-order valence-corrected chi connectivity index (χ1v) is 8.52. The summed E-state index contributed by atoms with van der Waals surface area (Å²) in [6.45, 7) is 2.91. The highest BCUT2D eigenvalue weighted by Crippen LogP contribution is 2.31. The highest BCUT2D eigenvalue weighted by Gasteiger charge is 2.19. The molecule has 26 heavy (non-hydrogen) atoms. The van der Waals surface area contributed by atoms with Gasteiger partial charge in [-0.3, -0.25) is 5.01 Å². The first-order valence-electron chi connectivity index (χ1n) is 8.14. The number of nitrogens with one attached hydrogen (secondary N) is 2. The number of hydrogen-bond donors (Lipinski definition) is 2. The zero-order valence-electron chi connectivity index (χ0n) is 14.6. The smallest absolute Gasteiger partial charge is 0.336 e. The van der Waals surface area contributed by atoms with E-state index in [-0.39, 0.29) is 16.5 Å². The lowest BCUT2D eigenvalue weighted by Crippen LogP contribution is -2.49. The Hall–Kier alpha value is -2.32. The number of hydrogen-bond acceptors (Lipinski definition) is 5. The molecule has 2 amide bonds. The molecule has 0 radical (unpaired) electrons. The topological polar surface area (TPSA) is 79.9 Å². The van der Waals surface area contributed by atoms with Crippen LogP contribution >= 0.6 is 11.6 Å². The van der Waals surface area contributed by atoms with Gasteiger partial charge in [0.25, 0.3) is 0 Å². The van der Waals surface area contributed by atoms with Gasteiger partial charge in [0.2, 0.25) is 0 Å². The van der Waals surface area contributed by atoms with Gasteiger partial charge in [0.15, 0.2) is 0 Å². The quantitative estimate of drug-likeness (QED) is 0.601. The first-order chi connectivity index (χ1) is 12.4. The predicted octanol–water partition coefficient (Wildman–Crippen LogP) is 3.11. The van der Waals surface area contributed by atoms with Crippen LogP contribution in [0, 0.1) is 5.82 Å². The van der Waals surface area contributed by atoms with Crippen LogP contribution in [0.15, 0.2) is 24.3 Å². The second-order valence-electron chi connectivity index (χ2n) is 5.66. The monoisotopic (exact) mass is 385 g/mol. The van der Waals surface area contributed by atoms with Crippen molar-refractivity contribution in [3.63, 3.8) is 0 Å². The number of nitrogens with zero attached hydrogens (tertiary/aromatic N) is 1. The summed E-state index contributed by atoms with van der Waals surface area (Å²) in [7, 11) is 1.27. The number of hydrazine groups is 1. The molecule has 0 spiro atoms. The van der Waals surface area contributed by atoms with Crippen molar-refractivity contribution in [2.45, 2.75) is 25.9 Å². The summed E-state index contributed by atoms with van der Waals surface area (Å²) in [5, 5.41) is 3.95. The Kier molecular flexibility index (Phi) is 7.23. The van der Waals surface area contributed by atoms with Crippen LogP contribution in [0.25, 0.3) is 0 Å². The Morgan fingerprint density at radius 2 is 2.19 bits per heavy atom. The van der Waals surface area contributed by atoms with E-state index in [9.17, 15) is 14.0 Å². The van der Waals surface area contributed by atoms with Crippen LogP contribution in [0.3, 0.4) is 0 Å². The molecule has 0 saturated carbocycles. The summed E-state index contributed by atoms with van der Waals surface area (Å²) in [5.41, 5.74) is 2.89. The van der Waals surface area contributed by atoms with Gasteiger partial charge in [-0.25, -0.2) is 19.4 Å². The fourth-order valence-corrected chi connectivity index (χ4v) is 2.48. The largest absolute Gasteiger partial charge is 0.485 e. The summed E-state index contributed by atoms with van der Waals surface area (Å²) < 4.78 is 24.2. The molecule has 1 unspecified atom stereocenters. The average molecular weight is 386 g/mol. The molecule has 2 rings (SSSR count). The van der Waals surface area contributed by atoms with Crippen molar-refractivity contribution < 1.29 is 23.5 Å². The Labute approximate surface area is 156 Å². The van der Waals surface area contributed by atoms with Gasteiger partial charge < -0.3 is 14.8 Å². The number of ether oxygens (including phenoxy) is 2. The number of amides is 2. The van der Waals surface area contributed by atoms with E-state index in [0.717, 1.165) is 18.9 Å². The van der Waals surface area contributed by atoms with Crippen LogP contribution in [0.2, 0.25) is 5.02 Å². The maximum absolute atomic E-state index is 14.1. The lowest BCUT2D eigenvalue weighted by atomic mass is 10.2. The minimum Gasteiger partial charge on any atom is -0.485 e. The summed E-state index contributed by atoms with van der Waals surface area (Å²) in [6, 6.07) is 1.91. The molecule has 0 bridgehead atoms. The summed E-state index contributed by atoms with van der Waals surface area (Å²) >= 11 is 6.00. The number of halogens is 2. The minimum absolute atomic E-state index is 0.0501. The molecule has 0 aliphatic carbocycles. The maximum atomic E-state index is 14.1. The van der Waals surface area contributed by atoms with Crippen LogP contribution in [0.1, 0.15) is 19.8 Å². The number of rotatable bonds is 5. The molecule has 1 aliphatic rings. The molecule has 2 N–H and O–H groups in total. The Morgan fingerprint density at radius 3 is 2.85 bits per heavy atom. The molecule has 1 fully saturated rings. The first kappa shape index (κ1) is 20.0. The Morgan fingerprint density at radius 1 is 1.42 bits per heavy atom. The molecule has 1 aliphatic heterocycles. The predicted molar refractivity (Wildman–Crippen MR) is 95.6 cm³/mol. The molecular formula is C17H21ClFN3O4. The van der Waals surface area contributed by atoms with Gasteiger partial charge in [0, 0.05) is 25.2 Å². The Balaban J connectivity index is 2.08. The maximum Gasteiger partial charge on any atom is 0.336 e. The fraction of sp³-hybridized carbons (Fsp3) is 0.412. The third kappa shape index (κ3) is 5.60. The second-order valence-corrected chi connectivity index (χ2v) is 6.07. The van der Waals surface area contributed by atoms with Gasteiger partial charge in [-0.15, -0.1) is 0 Å². The zero-order valence-corrected chi connectivity index (χ0v) is 15.3. The molecular weight excluding hydrogens is 365 g/mol. The molecule has 1 aromatic carbocycles. The highest BCUT2D eigenvalue weighted by molar-refractivity contribution is 6.32. The number of esters is 1. The third-order valence-corrected chi connectivity index (χ3v) is 3.93. The average Bonchev–Trinajstić information content (AvgIpc) is 2.64. The SMILES string of the molecule is COC(=O)C=CC(C)Oc1cc(NC(=O)N2CCCCN2)c(F)cc1Cl. The van der Waals surface area contributed by atoms with Crippen molar-refractivity contribution in [1.29, 1.82) is 0 Å². The van der Waals surface area contributed by atoms with E-state index < -0.39 is 23.9 Å². The lowest BCUT2D eigenvalue weighted by molar-refractivity contribution is -0.134. The third-order valence-electron chi connectivity index (χ3n) is 3.64. The number of urea groups is 1. The van der Waals surface area contributed by atoms with Crippen molar-refractivity contribution in [2.75, 3.05) is 25.5 Å². The summed E-state index contributed by atoms with van der Waals surface area (Å²) in [5.74, 6) is -1.02. The van der Waals surface area contributed by atoms with Crippen LogP contribution < -0.4 is 15.5 Å². The molecule has 142 valence electrons. The van der Waals surface area contributed by atoms with E-state index in [1.165, 1.54) is 30.3 Å². The minimum atomic E-state index is -0.675. The van der Waals surface area contributed by atoms with Gasteiger partial charge in [-0.2, -0.15) is 0 Å². The van der Waals surface area contributed by atoms with E-state index in [1.54, 1.807) is 6.92 Å². The highest BCUT2D eigenvalue weighted by atomic mass is 35.5. The van der Waals surface area contributed by atoms with Gasteiger partial charge in [-0.1, -0.05) is 11.6 Å². The van der Waals surface area contributed by atoms with Gasteiger partial charge in [-0.05, 0) is 31.9 Å². The van der Waals surface area contributed by atoms with Crippen LogP contribution in [-0.2, 0) is 9.53 Å². The molecule has 9 heteroatoms. The number of methoxy groups -OCH3 is 1. The zero-order chi connectivity index (χ0) is 19.1. The molecule has 0 aromatic heterocycles. The van der Waals surface area contributed by atoms with Crippen LogP contribution in [0.5, 0.6) is 5.75 Å².